The minimum Gasteiger partial charge on any atom is -0.512 e. The number of aromatic nitrogens is 4. The number of ether oxygens (including phenoxy) is 1. The fraction of sp³-hybridized carbons (Fsp3) is 0.500. The van der Waals surface area contributed by atoms with Gasteiger partial charge in [-0.25, -0.2) is 18.7 Å². The van der Waals surface area contributed by atoms with E-state index in [4.69, 9.17) is 4.74 Å². The number of esters is 1. The molecule has 2 atom stereocenters. The second kappa shape index (κ2) is 9.85. The highest BCUT2D eigenvalue weighted by atomic mass is 19.1. The summed E-state index contributed by atoms with van der Waals surface area (Å²) in [5.41, 5.74) is 2.04. The molecule has 2 N–H and O–H groups in total. The number of aryl methyl sites for hydroxylation is 3. The Labute approximate surface area is 215 Å². The monoisotopic (exact) mass is 508 g/mol. The van der Waals surface area contributed by atoms with E-state index in [0.717, 1.165) is 42.6 Å². The van der Waals surface area contributed by atoms with Gasteiger partial charge in [0.1, 0.15) is 17.2 Å². The maximum absolute atomic E-state index is 14.5. The molecule has 0 bridgehead atoms. The van der Waals surface area contributed by atoms with Gasteiger partial charge < -0.3 is 14.9 Å². The Hall–Kier alpha value is -3.33. The Morgan fingerprint density at radius 2 is 1.97 bits per heavy atom. The lowest BCUT2D eigenvalue weighted by atomic mass is 9.76. The molecule has 2 aromatic heterocycles. The number of hydrogen-bond donors (Lipinski definition) is 2. The van der Waals surface area contributed by atoms with Crippen molar-refractivity contribution >= 4 is 11.7 Å². The van der Waals surface area contributed by atoms with Crippen molar-refractivity contribution in [1.29, 1.82) is 0 Å². The summed E-state index contributed by atoms with van der Waals surface area (Å²) in [7, 11) is 0. The summed E-state index contributed by atoms with van der Waals surface area (Å²) in [6.07, 6.45) is 4.30. The third kappa shape index (κ3) is 4.97. The van der Waals surface area contributed by atoms with Crippen LogP contribution in [0.1, 0.15) is 79.9 Å². The average Bonchev–Trinajstić information content (AvgIpc) is 3.51. The molecule has 196 valence electrons. The van der Waals surface area contributed by atoms with E-state index in [0.29, 0.717) is 24.4 Å². The van der Waals surface area contributed by atoms with E-state index in [1.54, 1.807) is 16.6 Å². The van der Waals surface area contributed by atoms with Crippen LogP contribution < -0.4 is 0 Å². The van der Waals surface area contributed by atoms with Gasteiger partial charge in [-0.3, -0.25) is 0 Å². The second-order valence-electron chi connectivity index (χ2n) is 10.5. The van der Waals surface area contributed by atoms with Gasteiger partial charge in [0, 0.05) is 29.8 Å². The number of hydrogen-bond acceptors (Lipinski definition) is 7. The molecule has 1 unspecified atom stereocenters. The normalized spacial score (nSPS) is 21.6. The molecular weight excluding hydrogens is 475 g/mol. The summed E-state index contributed by atoms with van der Waals surface area (Å²) in [5, 5.41) is 25.3. The van der Waals surface area contributed by atoms with E-state index in [1.165, 1.54) is 13.0 Å². The number of nitrogens with zero attached hydrogens (tertiary/aromatic N) is 4. The lowest BCUT2D eigenvalue weighted by Crippen LogP contribution is -2.46. The zero-order chi connectivity index (χ0) is 26.3. The molecule has 3 aromatic rings. The smallest absolute Gasteiger partial charge is 0.338 e. The molecule has 3 heterocycles. The number of aliphatic hydroxyl groups excluding tert-OH is 2. The predicted molar refractivity (Wildman–Crippen MR) is 134 cm³/mol. The first kappa shape index (κ1) is 25.3. The third-order valence-electron chi connectivity index (χ3n) is 7.81. The van der Waals surface area contributed by atoms with Crippen molar-refractivity contribution in [3.63, 3.8) is 0 Å². The van der Waals surface area contributed by atoms with E-state index in [-0.39, 0.29) is 35.7 Å². The van der Waals surface area contributed by atoms with E-state index >= 15 is 0 Å². The molecule has 1 aliphatic carbocycles. The molecule has 1 saturated carbocycles. The maximum atomic E-state index is 14.5. The van der Waals surface area contributed by atoms with E-state index < -0.39 is 23.5 Å². The molecule has 0 spiro atoms. The summed E-state index contributed by atoms with van der Waals surface area (Å²) < 4.78 is 22.3. The number of cyclic esters (lactones) is 1. The Morgan fingerprint density at radius 1 is 1.22 bits per heavy atom. The van der Waals surface area contributed by atoms with Crippen LogP contribution in [0.15, 0.2) is 35.6 Å². The zero-order valence-corrected chi connectivity index (χ0v) is 21.5. The molecule has 9 heteroatoms. The first-order valence-electron chi connectivity index (χ1n) is 13.0. The van der Waals surface area contributed by atoms with Crippen LogP contribution in [0, 0.1) is 25.6 Å². The number of aliphatic hydroxyl groups is 2. The van der Waals surface area contributed by atoms with Gasteiger partial charge in [-0.1, -0.05) is 25.0 Å². The standard InChI is InChI=1S/C28H33FN4O4/c1-16-12-17(2)33-27(30-16)31-25(32-33)14-22-24(35)15-28(37-26(22)36,20-6-4-5-7-20)11-10-19-8-9-21(18(3)34)23(29)13-19/h8-9,12-13,18,20,34-35H,4-7,10-11,14-15H2,1-3H3/t18-,28?/m1/s1. The van der Waals surface area contributed by atoms with Crippen LogP contribution in [0.3, 0.4) is 0 Å². The number of carbonyl (C=O) groups excluding carboxylic acids is 1. The molecule has 0 saturated heterocycles. The van der Waals surface area contributed by atoms with E-state index in [9.17, 15) is 19.4 Å². The molecule has 1 fully saturated rings. The van der Waals surface area contributed by atoms with Crippen molar-refractivity contribution in [3.8, 4) is 0 Å². The van der Waals surface area contributed by atoms with E-state index in [1.807, 2.05) is 19.9 Å². The van der Waals surface area contributed by atoms with Gasteiger partial charge in [0.25, 0.3) is 5.78 Å². The highest BCUT2D eigenvalue weighted by Crippen LogP contribution is 2.46. The van der Waals surface area contributed by atoms with Gasteiger partial charge in [-0.05, 0) is 70.1 Å². The Kier molecular flexibility index (Phi) is 6.74. The number of rotatable bonds is 7. The summed E-state index contributed by atoms with van der Waals surface area (Å²) in [6, 6.07) is 6.73. The molecule has 8 nitrogen and oxygen atoms in total. The maximum Gasteiger partial charge on any atom is 0.338 e. The van der Waals surface area contributed by atoms with Gasteiger partial charge in [0.05, 0.1) is 11.7 Å². The van der Waals surface area contributed by atoms with Crippen molar-refractivity contribution in [1.82, 2.24) is 19.6 Å². The van der Waals surface area contributed by atoms with Gasteiger partial charge in [-0.15, -0.1) is 5.10 Å². The van der Waals surface area contributed by atoms with Crippen LogP contribution in [0.5, 0.6) is 0 Å². The summed E-state index contributed by atoms with van der Waals surface area (Å²) in [5.74, 6) is -0.0185. The van der Waals surface area contributed by atoms with Crippen LogP contribution in [0.4, 0.5) is 4.39 Å². The lowest BCUT2D eigenvalue weighted by Gasteiger charge is -2.41. The average molecular weight is 509 g/mol. The highest BCUT2D eigenvalue weighted by molar-refractivity contribution is 5.90. The molecule has 0 radical (unpaired) electrons. The zero-order valence-electron chi connectivity index (χ0n) is 21.5. The summed E-state index contributed by atoms with van der Waals surface area (Å²) in [4.78, 5) is 22.1. The number of benzene rings is 1. The van der Waals surface area contributed by atoms with Crippen molar-refractivity contribution in [2.24, 2.45) is 5.92 Å². The first-order valence-corrected chi connectivity index (χ1v) is 13.0. The van der Waals surface area contributed by atoms with Crippen LogP contribution in [0.2, 0.25) is 0 Å². The summed E-state index contributed by atoms with van der Waals surface area (Å²) in [6.45, 7) is 5.32. The highest BCUT2D eigenvalue weighted by Gasteiger charge is 2.48. The topological polar surface area (TPSA) is 110 Å². The number of fused-ring (bicyclic) bond motifs is 1. The minimum atomic E-state index is -0.884. The number of carbonyl (C=O) groups is 1. The quantitative estimate of drug-likeness (QED) is 0.441. The van der Waals surface area contributed by atoms with Crippen LogP contribution >= 0.6 is 0 Å². The molecule has 37 heavy (non-hydrogen) atoms. The Bertz CT molecular complexity index is 1380. The fourth-order valence-corrected chi connectivity index (χ4v) is 5.85. The predicted octanol–water partition coefficient (Wildman–Crippen LogP) is 4.80. The molecule has 5 rings (SSSR count). The van der Waals surface area contributed by atoms with Gasteiger partial charge in [0.15, 0.2) is 5.82 Å². The molecule has 2 aliphatic rings. The summed E-state index contributed by atoms with van der Waals surface area (Å²) >= 11 is 0. The number of halogens is 1. The Balaban J connectivity index is 1.39. The second-order valence-corrected chi connectivity index (χ2v) is 10.5. The van der Waals surface area contributed by atoms with Crippen LogP contribution in [-0.2, 0) is 22.4 Å². The largest absolute Gasteiger partial charge is 0.512 e. The molecular formula is C28H33FN4O4. The van der Waals surface area contributed by atoms with Crippen molar-refractivity contribution in [3.05, 3.63) is 69.8 Å². The van der Waals surface area contributed by atoms with Gasteiger partial charge >= 0.3 is 5.97 Å². The van der Waals surface area contributed by atoms with E-state index in [2.05, 4.69) is 15.1 Å². The molecule has 0 amide bonds. The first-order chi connectivity index (χ1) is 17.6. The van der Waals surface area contributed by atoms with Crippen LogP contribution in [-0.4, -0.2) is 41.4 Å². The van der Waals surface area contributed by atoms with Crippen molar-refractivity contribution in [2.75, 3.05) is 0 Å². The molecule has 1 aliphatic heterocycles. The Morgan fingerprint density at radius 3 is 2.65 bits per heavy atom. The van der Waals surface area contributed by atoms with Gasteiger partial charge in [-0.2, -0.15) is 4.98 Å². The van der Waals surface area contributed by atoms with Crippen LogP contribution in [0.25, 0.3) is 5.78 Å². The minimum absolute atomic E-state index is 0.0125. The van der Waals surface area contributed by atoms with Crippen molar-refractivity contribution < 1.29 is 24.1 Å². The third-order valence-corrected chi connectivity index (χ3v) is 7.81. The fourth-order valence-electron chi connectivity index (χ4n) is 5.85. The molecule has 1 aromatic carbocycles. The lowest BCUT2D eigenvalue weighted by molar-refractivity contribution is -0.167. The van der Waals surface area contributed by atoms with Crippen molar-refractivity contribution in [2.45, 2.75) is 83.8 Å². The van der Waals surface area contributed by atoms with Gasteiger partial charge in [0.2, 0.25) is 0 Å². The SMILES string of the molecule is Cc1cc(C)n2nc(CC3=C(O)CC(CCc4ccc([C@@H](C)O)c(F)c4)(C4CCCC4)OC3=O)nc2n1.